The van der Waals surface area contributed by atoms with Gasteiger partial charge in [0, 0.05) is 0 Å². The van der Waals surface area contributed by atoms with Crippen molar-refractivity contribution in [3.05, 3.63) is 53.6 Å². The average molecular weight is 282 g/mol. The van der Waals surface area contributed by atoms with Crippen LogP contribution >= 0.6 is 0 Å². The Morgan fingerprint density at radius 1 is 0.952 bits per heavy atom. The minimum atomic E-state index is 0.480. The first-order chi connectivity index (χ1) is 10.0. The van der Waals surface area contributed by atoms with Gasteiger partial charge in [-0.25, -0.2) is 0 Å². The molecule has 0 atom stereocenters. The van der Waals surface area contributed by atoms with E-state index in [2.05, 4.69) is 24.1 Å². The quantitative estimate of drug-likeness (QED) is 0.642. The molecule has 0 fully saturated rings. The first-order valence-corrected chi connectivity index (χ1v) is 7.26. The minimum Gasteiger partial charge on any atom is -0.491 e. The van der Waals surface area contributed by atoms with Crippen LogP contribution in [0.25, 0.3) is 0 Å². The van der Waals surface area contributed by atoms with Crippen molar-refractivity contribution < 1.29 is 4.74 Å². The molecule has 110 valence electrons. The zero-order chi connectivity index (χ0) is 15.2. The zero-order valence-electron chi connectivity index (χ0n) is 13.1. The van der Waals surface area contributed by atoms with E-state index >= 15 is 0 Å². The van der Waals surface area contributed by atoms with E-state index in [4.69, 9.17) is 4.74 Å². The van der Waals surface area contributed by atoms with Crippen molar-refractivity contribution in [2.75, 3.05) is 6.61 Å². The fourth-order valence-corrected chi connectivity index (χ4v) is 1.89. The normalized spacial score (nSPS) is 11.3. The molecule has 3 heteroatoms. The Morgan fingerprint density at radius 2 is 1.71 bits per heavy atom. The van der Waals surface area contributed by atoms with Crippen molar-refractivity contribution in [2.24, 2.45) is 16.1 Å². The summed E-state index contributed by atoms with van der Waals surface area (Å²) < 4.78 is 5.81. The first kappa shape index (κ1) is 15.2. The number of hydrogen-bond acceptors (Lipinski definition) is 3. The molecule has 0 saturated carbocycles. The van der Waals surface area contributed by atoms with Crippen LogP contribution in [-0.2, 0) is 0 Å². The summed E-state index contributed by atoms with van der Waals surface area (Å²) in [5.74, 6) is 1.26. The van der Waals surface area contributed by atoms with Gasteiger partial charge in [-0.1, -0.05) is 32.0 Å². The Balaban J connectivity index is 2.23. The van der Waals surface area contributed by atoms with Gasteiger partial charge in [0.1, 0.15) is 11.4 Å². The highest BCUT2D eigenvalue weighted by atomic mass is 16.5. The van der Waals surface area contributed by atoms with Gasteiger partial charge in [-0.2, -0.15) is 5.11 Å². The van der Waals surface area contributed by atoms with Gasteiger partial charge in [0.15, 0.2) is 0 Å². The van der Waals surface area contributed by atoms with Crippen LogP contribution in [0.5, 0.6) is 5.75 Å². The largest absolute Gasteiger partial charge is 0.491 e. The molecule has 0 aliphatic rings. The van der Waals surface area contributed by atoms with Gasteiger partial charge in [-0.05, 0) is 55.2 Å². The highest BCUT2D eigenvalue weighted by Crippen LogP contribution is 2.30. The van der Waals surface area contributed by atoms with Gasteiger partial charge in [-0.15, -0.1) is 5.11 Å². The SMILES string of the molecule is Cc1cccc(N=Nc2cc(C)ccc2OCC(C)C)c1. The van der Waals surface area contributed by atoms with Crippen molar-refractivity contribution in [1.82, 2.24) is 0 Å². The fraction of sp³-hybridized carbons (Fsp3) is 0.333. The summed E-state index contributed by atoms with van der Waals surface area (Å²) in [6, 6.07) is 14.0. The number of hydrogen-bond donors (Lipinski definition) is 0. The molecule has 0 aliphatic heterocycles. The summed E-state index contributed by atoms with van der Waals surface area (Å²) in [7, 11) is 0. The van der Waals surface area contributed by atoms with Crippen molar-refractivity contribution in [2.45, 2.75) is 27.7 Å². The van der Waals surface area contributed by atoms with Gasteiger partial charge < -0.3 is 4.74 Å². The summed E-state index contributed by atoms with van der Waals surface area (Å²) in [5, 5.41) is 8.67. The highest BCUT2D eigenvalue weighted by Gasteiger charge is 2.05. The van der Waals surface area contributed by atoms with E-state index in [-0.39, 0.29) is 0 Å². The Morgan fingerprint density at radius 3 is 2.43 bits per heavy atom. The number of nitrogens with zero attached hydrogens (tertiary/aromatic N) is 2. The van der Waals surface area contributed by atoms with Crippen molar-refractivity contribution in [3.63, 3.8) is 0 Å². The molecule has 0 heterocycles. The Hall–Kier alpha value is -2.16. The summed E-state index contributed by atoms with van der Waals surface area (Å²) in [6.45, 7) is 9.01. The summed E-state index contributed by atoms with van der Waals surface area (Å²) >= 11 is 0. The fourth-order valence-electron chi connectivity index (χ4n) is 1.89. The van der Waals surface area contributed by atoms with Crippen LogP contribution in [0.2, 0.25) is 0 Å². The topological polar surface area (TPSA) is 34.0 Å². The van der Waals surface area contributed by atoms with E-state index in [1.807, 2.05) is 56.3 Å². The maximum Gasteiger partial charge on any atom is 0.146 e. The second kappa shape index (κ2) is 7.02. The van der Waals surface area contributed by atoms with Gasteiger partial charge >= 0.3 is 0 Å². The van der Waals surface area contributed by atoms with E-state index in [1.54, 1.807) is 0 Å². The van der Waals surface area contributed by atoms with Crippen LogP contribution < -0.4 is 4.74 Å². The van der Waals surface area contributed by atoms with E-state index in [9.17, 15) is 0 Å². The van der Waals surface area contributed by atoms with E-state index in [0.29, 0.717) is 12.5 Å². The molecule has 0 N–H and O–H groups in total. The number of benzene rings is 2. The molecule has 0 saturated heterocycles. The molecular formula is C18H22N2O. The lowest BCUT2D eigenvalue weighted by atomic mass is 10.2. The van der Waals surface area contributed by atoms with Gasteiger partial charge in [0.2, 0.25) is 0 Å². The monoisotopic (exact) mass is 282 g/mol. The molecule has 0 unspecified atom stereocenters. The van der Waals surface area contributed by atoms with E-state index in [0.717, 1.165) is 22.7 Å². The first-order valence-electron chi connectivity index (χ1n) is 7.26. The highest BCUT2D eigenvalue weighted by molar-refractivity contribution is 5.53. The lowest BCUT2D eigenvalue weighted by Crippen LogP contribution is -2.04. The molecule has 2 rings (SSSR count). The van der Waals surface area contributed by atoms with Crippen LogP contribution in [0.1, 0.15) is 25.0 Å². The van der Waals surface area contributed by atoms with Crippen LogP contribution in [-0.4, -0.2) is 6.61 Å². The van der Waals surface area contributed by atoms with Gasteiger partial charge in [-0.3, -0.25) is 0 Å². The lowest BCUT2D eigenvalue weighted by molar-refractivity contribution is 0.272. The Bertz CT molecular complexity index is 633. The van der Waals surface area contributed by atoms with Crippen LogP contribution in [0, 0.1) is 19.8 Å². The molecule has 0 radical (unpaired) electrons. The Labute approximate surface area is 126 Å². The predicted molar refractivity (Wildman–Crippen MR) is 86.9 cm³/mol. The molecule has 0 aromatic heterocycles. The molecule has 0 spiro atoms. The number of aryl methyl sites for hydroxylation is 2. The lowest BCUT2D eigenvalue weighted by Gasteiger charge is -2.10. The third-order valence-corrected chi connectivity index (χ3v) is 2.96. The maximum absolute atomic E-state index is 5.81. The molecule has 21 heavy (non-hydrogen) atoms. The molecule has 0 aliphatic carbocycles. The molecule has 0 amide bonds. The summed E-state index contributed by atoms with van der Waals surface area (Å²) in [4.78, 5) is 0. The third-order valence-electron chi connectivity index (χ3n) is 2.96. The van der Waals surface area contributed by atoms with Crippen LogP contribution in [0.3, 0.4) is 0 Å². The average Bonchev–Trinajstić information content (AvgIpc) is 2.44. The smallest absolute Gasteiger partial charge is 0.146 e. The van der Waals surface area contributed by atoms with E-state index < -0.39 is 0 Å². The van der Waals surface area contributed by atoms with Crippen LogP contribution in [0.15, 0.2) is 52.7 Å². The zero-order valence-corrected chi connectivity index (χ0v) is 13.1. The van der Waals surface area contributed by atoms with Crippen molar-refractivity contribution in [3.8, 4) is 5.75 Å². The molecule has 2 aromatic rings. The standard InChI is InChI=1S/C18H22N2O/c1-13(2)12-21-18-9-8-15(4)11-17(18)20-19-16-7-5-6-14(3)10-16/h5-11,13H,12H2,1-4H3. The van der Waals surface area contributed by atoms with E-state index in [1.165, 1.54) is 5.56 Å². The summed E-state index contributed by atoms with van der Waals surface area (Å²) in [5.41, 5.74) is 3.94. The minimum absolute atomic E-state index is 0.480. The van der Waals surface area contributed by atoms with Gasteiger partial charge in [0.05, 0.1) is 12.3 Å². The molecule has 3 nitrogen and oxygen atoms in total. The number of ether oxygens (including phenoxy) is 1. The van der Waals surface area contributed by atoms with Crippen molar-refractivity contribution in [1.29, 1.82) is 0 Å². The molecule has 0 bridgehead atoms. The number of azo groups is 1. The van der Waals surface area contributed by atoms with Crippen molar-refractivity contribution >= 4 is 11.4 Å². The van der Waals surface area contributed by atoms with Crippen LogP contribution in [0.4, 0.5) is 11.4 Å². The third kappa shape index (κ3) is 4.71. The summed E-state index contributed by atoms with van der Waals surface area (Å²) in [6.07, 6.45) is 0. The number of rotatable bonds is 5. The van der Waals surface area contributed by atoms with Gasteiger partial charge in [0.25, 0.3) is 0 Å². The molecular weight excluding hydrogens is 260 g/mol. The molecule has 2 aromatic carbocycles. The Kier molecular flexibility index (Phi) is 5.09. The maximum atomic E-state index is 5.81. The second-order valence-corrected chi connectivity index (χ2v) is 5.72. The second-order valence-electron chi connectivity index (χ2n) is 5.72. The predicted octanol–water partition coefficient (Wildman–Crippen LogP) is 5.75.